The fourth-order valence-corrected chi connectivity index (χ4v) is 3.24. The van der Waals surface area contributed by atoms with Crippen LogP contribution in [0.3, 0.4) is 0 Å². The highest BCUT2D eigenvalue weighted by Gasteiger charge is 2.39. The molecular weight excluding hydrogens is 166 g/mol. The van der Waals surface area contributed by atoms with E-state index >= 15 is 0 Å². The zero-order chi connectivity index (χ0) is 8.60. The first-order valence-corrected chi connectivity index (χ1v) is 5.41. The second-order valence-electron chi connectivity index (χ2n) is 3.77. The average molecular weight is 181 g/mol. The molecule has 12 heavy (non-hydrogen) atoms. The van der Waals surface area contributed by atoms with E-state index < -0.39 is 0 Å². The van der Waals surface area contributed by atoms with Crippen molar-refractivity contribution in [3.05, 3.63) is 21.9 Å². The summed E-state index contributed by atoms with van der Waals surface area (Å²) in [6.07, 6.45) is 3.95. The van der Waals surface area contributed by atoms with E-state index in [4.69, 9.17) is 5.73 Å². The Morgan fingerprint density at radius 1 is 1.58 bits per heavy atom. The lowest BCUT2D eigenvalue weighted by molar-refractivity contribution is 0.257. The number of thiophene rings is 1. The van der Waals surface area contributed by atoms with Gasteiger partial charge in [0.25, 0.3) is 0 Å². The SMILES string of the molecule is Cc1ccsc1C1(CN)CCC1. The molecule has 0 saturated heterocycles. The van der Waals surface area contributed by atoms with Crippen LogP contribution in [0, 0.1) is 6.92 Å². The molecule has 0 aromatic carbocycles. The van der Waals surface area contributed by atoms with Crippen LogP contribution in [0.4, 0.5) is 0 Å². The predicted molar refractivity (Wildman–Crippen MR) is 53.6 cm³/mol. The lowest BCUT2D eigenvalue weighted by Gasteiger charge is -2.40. The molecule has 1 nitrogen and oxygen atoms in total. The fourth-order valence-electron chi connectivity index (χ4n) is 2.04. The van der Waals surface area contributed by atoms with Crippen LogP contribution in [0.1, 0.15) is 29.7 Å². The van der Waals surface area contributed by atoms with Crippen LogP contribution >= 0.6 is 11.3 Å². The quantitative estimate of drug-likeness (QED) is 0.745. The molecule has 66 valence electrons. The summed E-state index contributed by atoms with van der Waals surface area (Å²) < 4.78 is 0. The summed E-state index contributed by atoms with van der Waals surface area (Å²) in [5.74, 6) is 0. The van der Waals surface area contributed by atoms with Crippen molar-refractivity contribution >= 4 is 11.3 Å². The van der Waals surface area contributed by atoms with E-state index in [2.05, 4.69) is 18.4 Å². The van der Waals surface area contributed by atoms with Crippen LogP contribution < -0.4 is 5.73 Å². The van der Waals surface area contributed by atoms with Gasteiger partial charge in [0, 0.05) is 16.8 Å². The second kappa shape index (κ2) is 2.86. The molecule has 0 bridgehead atoms. The highest BCUT2D eigenvalue weighted by molar-refractivity contribution is 7.10. The summed E-state index contributed by atoms with van der Waals surface area (Å²) in [6, 6.07) is 2.20. The van der Waals surface area contributed by atoms with Gasteiger partial charge in [-0.05, 0) is 36.8 Å². The van der Waals surface area contributed by atoms with Crippen LogP contribution in [-0.4, -0.2) is 6.54 Å². The molecule has 1 aliphatic rings. The van der Waals surface area contributed by atoms with Gasteiger partial charge in [-0.1, -0.05) is 6.42 Å². The number of nitrogens with two attached hydrogens (primary N) is 1. The Kier molecular flexibility index (Phi) is 1.97. The molecule has 0 atom stereocenters. The van der Waals surface area contributed by atoms with E-state index in [1.807, 2.05) is 11.3 Å². The largest absolute Gasteiger partial charge is 0.330 e. The van der Waals surface area contributed by atoms with Gasteiger partial charge in [-0.2, -0.15) is 0 Å². The number of hydrogen-bond donors (Lipinski definition) is 1. The topological polar surface area (TPSA) is 26.0 Å². The molecule has 2 heteroatoms. The van der Waals surface area contributed by atoms with Crippen LogP contribution in [0.15, 0.2) is 11.4 Å². The van der Waals surface area contributed by atoms with Crippen molar-refractivity contribution in [1.82, 2.24) is 0 Å². The standard InChI is InChI=1S/C10H15NS/c1-8-3-6-12-9(8)10(7-11)4-2-5-10/h3,6H,2,4-5,7,11H2,1H3. The Bertz CT molecular complexity index is 268. The number of hydrogen-bond acceptors (Lipinski definition) is 2. The van der Waals surface area contributed by atoms with Gasteiger partial charge in [0.05, 0.1) is 0 Å². The maximum atomic E-state index is 5.84. The van der Waals surface area contributed by atoms with E-state index in [0.29, 0.717) is 5.41 Å². The Hall–Kier alpha value is -0.340. The summed E-state index contributed by atoms with van der Waals surface area (Å²) >= 11 is 1.88. The zero-order valence-electron chi connectivity index (χ0n) is 7.47. The molecule has 1 saturated carbocycles. The molecule has 0 spiro atoms. The molecule has 2 N–H and O–H groups in total. The molecule has 0 aliphatic heterocycles. The highest BCUT2D eigenvalue weighted by Crippen LogP contribution is 2.46. The van der Waals surface area contributed by atoms with Crippen molar-refractivity contribution in [2.45, 2.75) is 31.6 Å². The molecule has 0 radical (unpaired) electrons. The lowest BCUT2D eigenvalue weighted by atomic mass is 9.67. The lowest BCUT2D eigenvalue weighted by Crippen LogP contribution is -2.41. The Labute approximate surface area is 77.6 Å². The van der Waals surface area contributed by atoms with Crippen LogP contribution in [0.25, 0.3) is 0 Å². The normalized spacial score (nSPS) is 20.5. The zero-order valence-corrected chi connectivity index (χ0v) is 8.29. The first-order valence-electron chi connectivity index (χ1n) is 4.53. The van der Waals surface area contributed by atoms with Gasteiger partial charge in [-0.3, -0.25) is 0 Å². The Morgan fingerprint density at radius 3 is 2.67 bits per heavy atom. The van der Waals surface area contributed by atoms with E-state index in [1.165, 1.54) is 29.7 Å². The van der Waals surface area contributed by atoms with Gasteiger partial charge in [0.15, 0.2) is 0 Å². The van der Waals surface area contributed by atoms with Crippen molar-refractivity contribution in [3.8, 4) is 0 Å². The summed E-state index contributed by atoms with van der Waals surface area (Å²) in [5, 5.41) is 2.18. The molecule has 0 amide bonds. The maximum absolute atomic E-state index is 5.84. The third-order valence-electron chi connectivity index (χ3n) is 3.05. The highest BCUT2D eigenvalue weighted by atomic mass is 32.1. The minimum atomic E-state index is 0.373. The van der Waals surface area contributed by atoms with Gasteiger partial charge in [-0.25, -0.2) is 0 Å². The smallest absolute Gasteiger partial charge is 0.0172 e. The molecular formula is C10H15NS. The first-order chi connectivity index (χ1) is 5.78. The monoisotopic (exact) mass is 181 g/mol. The van der Waals surface area contributed by atoms with Crippen LogP contribution in [-0.2, 0) is 5.41 Å². The third-order valence-corrected chi connectivity index (χ3v) is 4.31. The number of rotatable bonds is 2. The van der Waals surface area contributed by atoms with Gasteiger partial charge in [-0.15, -0.1) is 11.3 Å². The fraction of sp³-hybridized carbons (Fsp3) is 0.600. The van der Waals surface area contributed by atoms with E-state index in [9.17, 15) is 0 Å². The van der Waals surface area contributed by atoms with Gasteiger partial charge >= 0.3 is 0 Å². The van der Waals surface area contributed by atoms with Crippen molar-refractivity contribution in [2.75, 3.05) is 6.54 Å². The van der Waals surface area contributed by atoms with Crippen LogP contribution in [0.5, 0.6) is 0 Å². The molecule has 2 rings (SSSR count). The first kappa shape index (κ1) is 8.27. The van der Waals surface area contributed by atoms with Crippen LogP contribution in [0.2, 0.25) is 0 Å². The predicted octanol–water partition coefficient (Wildman–Crippen LogP) is 2.44. The average Bonchev–Trinajstić information content (AvgIpc) is 2.36. The minimum absolute atomic E-state index is 0.373. The summed E-state index contributed by atoms with van der Waals surface area (Å²) in [4.78, 5) is 1.54. The van der Waals surface area contributed by atoms with Crippen molar-refractivity contribution in [3.63, 3.8) is 0 Å². The van der Waals surface area contributed by atoms with Gasteiger partial charge in [0.2, 0.25) is 0 Å². The number of aryl methyl sites for hydroxylation is 1. The van der Waals surface area contributed by atoms with Gasteiger partial charge < -0.3 is 5.73 Å². The summed E-state index contributed by atoms with van der Waals surface area (Å²) in [5.41, 5.74) is 7.64. The third kappa shape index (κ3) is 1.02. The molecule has 1 heterocycles. The second-order valence-corrected chi connectivity index (χ2v) is 4.69. The Balaban J connectivity index is 2.33. The van der Waals surface area contributed by atoms with Gasteiger partial charge in [0.1, 0.15) is 0 Å². The molecule has 1 aromatic rings. The Morgan fingerprint density at radius 2 is 2.33 bits per heavy atom. The van der Waals surface area contributed by atoms with E-state index in [0.717, 1.165) is 6.54 Å². The summed E-state index contributed by atoms with van der Waals surface area (Å²) in [7, 11) is 0. The molecule has 0 unspecified atom stereocenters. The van der Waals surface area contributed by atoms with Crippen molar-refractivity contribution in [1.29, 1.82) is 0 Å². The molecule has 1 aliphatic carbocycles. The minimum Gasteiger partial charge on any atom is -0.330 e. The molecule has 1 aromatic heterocycles. The van der Waals surface area contributed by atoms with Crippen molar-refractivity contribution < 1.29 is 0 Å². The van der Waals surface area contributed by atoms with Crippen molar-refractivity contribution in [2.24, 2.45) is 5.73 Å². The molecule has 1 fully saturated rings. The van der Waals surface area contributed by atoms with E-state index in [1.54, 1.807) is 0 Å². The summed E-state index contributed by atoms with van der Waals surface area (Å²) in [6.45, 7) is 3.02. The van der Waals surface area contributed by atoms with E-state index in [-0.39, 0.29) is 0 Å². The maximum Gasteiger partial charge on any atom is 0.0172 e.